The fourth-order valence-corrected chi connectivity index (χ4v) is 2.14. The first-order valence-electron chi connectivity index (χ1n) is 7.49. The molecule has 0 amide bonds. The van der Waals surface area contributed by atoms with Gasteiger partial charge in [0.2, 0.25) is 5.89 Å². The standard InChI is InChI=1S/C17H12FN3O5/c1-10(25-17(22)13-4-2-3-5-14(13)18)15-19-20-16(26-15)11-6-8-12(9-7-11)21(23)24/h2-10H,1H3/t10-/m1/s1. The number of rotatable bonds is 5. The Morgan fingerprint density at radius 2 is 1.88 bits per heavy atom. The van der Waals surface area contributed by atoms with Gasteiger partial charge in [-0.1, -0.05) is 12.1 Å². The smallest absolute Gasteiger partial charge is 0.341 e. The van der Waals surface area contributed by atoms with Gasteiger partial charge in [0.1, 0.15) is 5.82 Å². The molecular formula is C17H12FN3O5. The monoisotopic (exact) mass is 357 g/mol. The number of hydrogen-bond donors (Lipinski definition) is 0. The lowest BCUT2D eigenvalue weighted by Crippen LogP contribution is -2.11. The highest BCUT2D eigenvalue weighted by molar-refractivity contribution is 5.89. The zero-order valence-corrected chi connectivity index (χ0v) is 13.5. The number of nitro groups is 1. The second-order valence-electron chi connectivity index (χ2n) is 5.28. The normalized spacial score (nSPS) is 11.8. The minimum Gasteiger partial charge on any atom is -0.449 e. The summed E-state index contributed by atoms with van der Waals surface area (Å²) in [5.41, 5.74) is 0.206. The molecule has 2 aromatic carbocycles. The zero-order valence-electron chi connectivity index (χ0n) is 13.5. The lowest BCUT2D eigenvalue weighted by molar-refractivity contribution is -0.384. The van der Waals surface area contributed by atoms with Crippen LogP contribution in [0.15, 0.2) is 52.9 Å². The molecule has 3 rings (SSSR count). The molecule has 0 bridgehead atoms. The first-order chi connectivity index (χ1) is 12.5. The highest BCUT2D eigenvalue weighted by Gasteiger charge is 2.21. The Kier molecular flexibility index (Phi) is 4.70. The predicted octanol–water partition coefficient (Wildman–Crippen LogP) is 3.70. The van der Waals surface area contributed by atoms with E-state index in [1.807, 2.05) is 0 Å². The molecule has 9 heteroatoms. The third-order valence-electron chi connectivity index (χ3n) is 3.49. The number of halogens is 1. The minimum absolute atomic E-state index is 0.0167. The van der Waals surface area contributed by atoms with Crippen LogP contribution in [-0.2, 0) is 4.74 Å². The van der Waals surface area contributed by atoms with Crippen LogP contribution in [0.5, 0.6) is 0 Å². The quantitative estimate of drug-likeness (QED) is 0.389. The predicted molar refractivity (Wildman–Crippen MR) is 86.6 cm³/mol. The molecule has 0 aliphatic rings. The van der Waals surface area contributed by atoms with Gasteiger partial charge in [0.05, 0.1) is 10.5 Å². The van der Waals surface area contributed by atoms with Gasteiger partial charge in [-0.15, -0.1) is 10.2 Å². The molecule has 0 radical (unpaired) electrons. The van der Waals surface area contributed by atoms with E-state index in [1.54, 1.807) is 0 Å². The lowest BCUT2D eigenvalue weighted by Gasteiger charge is -2.09. The van der Waals surface area contributed by atoms with E-state index in [1.165, 1.54) is 49.4 Å². The second kappa shape index (κ2) is 7.09. The van der Waals surface area contributed by atoms with Crippen molar-refractivity contribution in [1.29, 1.82) is 0 Å². The van der Waals surface area contributed by atoms with E-state index in [0.29, 0.717) is 5.56 Å². The van der Waals surface area contributed by atoms with Gasteiger partial charge in [0, 0.05) is 17.7 Å². The molecule has 132 valence electrons. The Morgan fingerprint density at radius 1 is 1.19 bits per heavy atom. The van der Waals surface area contributed by atoms with E-state index >= 15 is 0 Å². The minimum atomic E-state index is -0.901. The van der Waals surface area contributed by atoms with Crippen molar-refractivity contribution >= 4 is 11.7 Å². The van der Waals surface area contributed by atoms with Crippen molar-refractivity contribution in [2.45, 2.75) is 13.0 Å². The molecule has 8 nitrogen and oxygen atoms in total. The number of non-ortho nitro benzene ring substituents is 1. The molecule has 1 aromatic heterocycles. The number of hydrogen-bond acceptors (Lipinski definition) is 7. The van der Waals surface area contributed by atoms with Gasteiger partial charge in [0.25, 0.3) is 11.6 Å². The van der Waals surface area contributed by atoms with Crippen molar-refractivity contribution in [2.75, 3.05) is 0 Å². The summed E-state index contributed by atoms with van der Waals surface area (Å²) in [6.07, 6.45) is -0.901. The Balaban J connectivity index is 1.73. The Hall–Kier alpha value is -3.62. The SMILES string of the molecule is C[C@@H](OC(=O)c1ccccc1F)c1nnc(-c2ccc([N+](=O)[O-])cc2)o1. The van der Waals surface area contributed by atoms with Crippen LogP contribution in [0.3, 0.4) is 0 Å². The summed E-state index contributed by atoms with van der Waals surface area (Å²) in [5.74, 6) is -1.42. The molecule has 1 atom stereocenters. The van der Waals surface area contributed by atoms with Gasteiger partial charge >= 0.3 is 5.97 Å². The van der Waals surface area contributed by atoms with Crippen molar-refractivity contribution in [3.8, 4) is 11.5 Å². The lowest BCUT2D eigenvalue weighted by atomic mass is 10.2. The van der Waals surface area contributed by atoms with Gasteiger partial charge in [0.15, 0.2) is 6.10 Å². The molecule has 3 aromatic rings. The van der Waals surface area contributed by atoms with E-state index in [0.717, 1.165) is 6.07 Å². The van der Waals surface area contributed by atoms with E-state index < -0.39 is 22.8 Å². The Labute approximate surface area is 146 Å². The van der Waals surface area contributed by atoms with Crippen molar-refractivity contribution in [1.82, 2.24) is 10.2 Å². The van der Waals surface area contributed by atoms with Crippen LogP contribution in [-0.4, -0.2) is 21.1 Å². The van der Waals surface area contributed by atoms with E-state index in [2.05, 4.69) is 10.2 Å². The van der Waals surface area contributed by atoms with E-state index in [9.17, 15) is 19.3 Å². The molecule has 26 heavy (non-hydrogen) atoms. The molecule has 0 N–H and O–H groups in total. The second-order valence-corrected chi connectivity index (χ2v) is 5.28. The largest absolute Gasteiger partial charge is 0.449 e. The molecular weight excluding hydrogens is 345 g/mol. The third kappa shape index (κ3) is 3.56. The maximum absolute atomic E-state index is 13.6. The number of carbonyl (C=O) groups excluding carboxylic acids is 1. The molecule has 0 saturated heterocycles. The summed E-state index contributed by atoms with van der Waals surface area (Å²) in [5, 5.41) is 18.3. The van der Waals surface area contributed by atoms with Gasteiger partial charge in [-0.05, 0) is 31.2 Å². The number of carbonyl (C=O) groups is 1. The molecule has 0 unspecified atom stereocenters. The fraction of sp³-hybridized carbons (Fsp3) is 0.118. The topological polar surface area (TPSA) is 108 Å². The van der Waals surface area contributed by atoms with Gasteiger partial charge in [-0.25, -0.2) is 9.18 Å². The molecule has 0 aliphatic carbocycles. The number of benzene rings is 2. The molecule has 0 fully saturated rings. The summed E-state index contributed by atoms with van der Waals surface area (Å²) >= 11 is 0. The Bertz CT molecular complexity index is 955. The highest BCUT2D eigenvalue weighted by atomic mass is 19.1. The van der Waals surface area contributed by atoms with E-state index in [-0.39, 0.29) is 23.0 Å². The maximum atomic E-state index is 13.6. The zero-order chi connectivity index (χ0) is 18.7. The summed E-state index contributed by atoms with van der Waals surface area (Å²) in [6, 6.07) is 11.0. The van der Waals surface area contributed by atoms with Crippen LogP contribution in [0.2, 0.25) is 0 Å². The first-order valence-corrected chi connectivity index (χ1v) is 7.49. The summed E-state index contributed by atoms with van der Waals surface area (Å²) < 4.78 is 24.2. The molecule has 0 spiro atoms. The Morgan fingerprint density at radius 3 is 2.54 bits per heavy atom. The number of ether oxygens (including phenoxy) is 1. The number of nitrogens with zero attached hydrogens (tertiary/aromatic N) is 3. The highest BCUT2D eigenvalue weighted by Crippen LogP contribution is 2.25. The summed E-state index contributed by atoms with van der Waals surface area (Å²) in [6.45, 7) is 1.51. The van der Waals surface area contributed by atoms with Crippen LogP contribution in [0.4, 0.5) is 10.1 Å². The van der Waals surface area contributed by atoms with Crippen LogP contribution >= 0.6 is 0 Å². The first kappa shape index (κ1) is 17.2. The number of esters is 1. The third-order valence-corrected chi connectivity index (χ3v) is 3.49. The average Bonchev–Trinajstić information content (AvgIpc) is 3.12. The van der Waals surface area contributed by atoms with Crippen LogP contribution in [0, 0.1) is 15.9 Å². The van der Waals surface area contributed by atoms with Crippen molar-refractivity contribution < 1.29 is 23.3 Å². The van der Waals surface area contributed by atoms with Crippen molar-refractivity contribution in [3.63, 3.8) is 0 Å². The average molecular weight is 357 g/mol. The summed E-state index contributed by atoms with van der Waals surface area (Å²) in [7, 11) is 0. The van der Waals surface area contributed by atoms with Crippen LogP contribution in [0.25, 0.3) is 11.5 Å². The van der Waals surface area contributed by atoms with Gasteiger partial charge in [-0.3, -0.25) is 10.1 Å². The molecule has 0 saturated carbocycles. The summed E-state index contributed by atoms with van der Waals surface area (Å²) in [4.78, 5) is 22.2. The van der Waals surface area contributed by atoms with Gasteiger partial charge < -0.3 is 9.15 Å². The van der Waals surface area contributed by atoms with Crippen LogP contribution < -0.4 is 0 Å². The number of nitro benzene ring substituents is 1. The fourth-order valence-electron chi connectivity index (χ4n) is 2.14. The van der Waals surface area contributed by atoms with Crippen LogP contribution in [0.1, 0.15) is 29.3 Å². The van der Waals surface area contributed by atoms with Crippen molar-refractivity contribution in [2.24, 2.45) is 0 Å². The van der Waals surface area contributed by atoms with Crippen molar-refractivity contribution in [3.05, 3.63) is 75.9 Å². The maximum Gasteiger partial charge on any atom is 0.341 e. The van der Waals surface area contributed by atoms with Gasteiger partial charge in [-0.2, -0.15) is 0 Å². The molecule has 1 heterocycles. The van der Waals surface area contributed by atoms with E-state index in [4.69, 9.17) is 9.15 Å². The molecule has 0 aliphatic heterocycles. The number of aromatic nitrogens is 2.